The fourth-order valence-corrected chi connectivity index (χ4v) is 4.59. The van der Waals surface area contributed by atoms with Crippen molar-refractivity contribution in [1.29, 1.82) is 0 Å². The maximum Gasteiger partial charge on any atom is 0.255 e. The highest BCUT2D eigenvalue weighted by atomic mass is 16.7. The van der Waals surface area contributed by atoms with Crippen molar-refractivity contribution in [2.24, 2.45) is 0 Å². The van der Waals surface area contributed by atoms with Crippen LogP contribution in [0.15, 0.2) is 54.6 Å². The number of hydrogen-bond donors (Lipinski definition) is 1. The second kappa shape index (κ2) is 9.69. The van der Waals surface area contributed by atoms with Crippen molar-refractivity contribution in [3.05, 3.63) is 71.3 Å². The van der Waals surface area contributed by atoms with Crippen molar-refractivity contribution in [2.75, 3.05) is 33.4 Å². The first-order valence-corrected chi connectivity index (χ1v) is 11.4. The van der Waals surface area contributed by atoms with E-state index in [1.807, 2.05) is 18.2 Å². The Kier molecular flexibility index (Phi) is 6.28. The van der Waals surface area contributed by atoms with Gasteiger partial charge in [-0.15, -0.1) is 0 Å². The third kappa shape index (κ3) is 4.24. The van der Waals surface area contributed by atoms with Crippen LogP contribution in [0.5, 0.6) is 28.7 Å². The van der Waals surface area contributed by atoms with Gasteiger partial charge in [0.2, 0.25) is 18.4 Å². The SMILES string of the molecule is COc1cc([C@@H](CC(=O)Nc2ccc3c(c2)OCO3)N2Cc3ccccc3C2=O)cc(OC)c1OC. The number of carbonyl (C=O) groups excluding carboxylic acids is 2. The minimum atomic E-state index is -0.590. The fraction of sp³-hybridized carbons (Fsp3) is 0.259. The van der Waals surface area contributed by atoms with E-state index in [1.165, 1.54) is 21.3 Å². The standard InChI is InChI=1S/C27H26N2O7/c1-32-23-10-17(11-24(33-2)26(23)34-3)20(29-14-16-6-4-5-7-19(16)27(29)31)13-25(30)28-18-8-9-21-22(12-18)36-15-35-21/h4-12,20H,13-15H2,1-3H3,(H,28,30)/t20-/m1/s1. The third-order valence-corrected chi connectivity index (χ3v) is 6.33. The molecule has 5 rings (SSSR count). The second-order valence-corrected chi connectivity index (χ2v) is 8.39. The van der Waals surface area contributed by atoms with Crippen LogP contribution >= 0.6 is 0 Å². The summed E-state index contributed by atoms with van der Waals surface area (Å²) in [5.41, 5.74) is 2.80. The van der Waals surface area contributed by atoms with Crippen LogP contribution in [0, 0.1) is 0 Å². The van der Waals surface area contributed by atoms with Crippen LogP contribution in [0.2, 0.25) is 0 Å². The van der Waals surface area contributed by atoms with E-state index in [0.29, 0.717) is 52.1 Å². The molecule has 0 aromatic heterocycles. The number of ether oxygens (including phenoxy) is 5. The fourth-order valence-electron chi connectivity index (χ4n) is 4.59. The van der Waals surface area contributed by atoms with Crippen LogP contribution in [0.25, 0.3) is 0 Å². The molecule has 0 bridgehead atoms. The molecule has 0 spiro atoms. The lowest BCUT2D eigenvalue weighted by Gasteiger charge is -2.29. The first-order valence-electron chi connectivity index (χ1n) is 11.4. The first-order chi connectivity index (χ1) is 17.5. The zero-order valence-electron chi connectivity index (χ0n) is 20.2. The molecule has 186 valence electrons. The molecular formula is C27H26N2O7. The Morgan fingerprint density at radius 1 is 0.972 bits per heavy atom. The molecule has 0 saturated heterocycles. The Hall–Kier alpha value is -4.40. The maximum absolute atomic E-state index is 13.4. The topological polar surface area (TPSA) is 95.6 Å². The molecule has 2 heterocycles. The molecule has 2 aliphatic heterocycles. The Bertz CT molecular complexity index is 1300. The van der Waals surface area contributed by atoms with Crippen molar-refractivity contribution >= 4 is 17.5 Å². The van der Waals surface area contributed by atoms with Gasteiger partial charge in [0.15, 0.2) is 23.0 Å². The average Bonchev–Trinajstić information content (AvgIpc) is 3.50. The van der Waals surface area contributed by atoms with E-state index in [0.717, 1.165) is 5.56 Å². The van der Waals surface area contributed by atoms with Crippen molar-refractivity contribution in [2.45, 2.75) is 19.0 Å². The van der Waals surface area contributed by atoms with Crippen molar-refractivity contribution < 1.29 is 33.3 Å². The number of benzene rings is 3. The molecule has 0 saturated carbocycles. The van der Waals surface area contributed by atoms with E-state index in [1.54, 1.807) is 41.3 Å². The first kappa shape index (κ1) is 23.3. The maximum atomic E-state index is 13.4. The van der Waals surface area contributed by atoms with Crippen molar-refractivity contribution in [1.82, 2.24) is 4.90 Å². The molecule has 2 amide bonds. The van der Waals surface area contributed by atoms with Gasteiger partial charge in [0.1, 0.15) is 0 Å². The average molecular weight is 491 g/mol. The van der Waals surface area contributed by atoms with E-state index in [-0.39, 0.29) is 25.0 Å². The van der Waals surface area contributed by atoms with Crippen molar-refractivity contribution in [3.63, 3.8) is 0 Å². The van der Waals surface area contributed by atoms with E-state index >= 15 is 0 Å². The zero-order chi connectivity index (χ0) is 25.2. The summed E-state index contributed by atoms with van der Waals surface area (Å²) in [6.45, 7) is 0.529. The van der Waals surface area contributed by atoms with Gasteiger partial charge < -0.3 is 33.9 Å². The van der Waals surface area contributed by atoms with Gasteiger partial charge in [0.05, 0.1) is 33.8 Å². The lowest BCUT2D eigenvalue weighted by Crippen LogP contribution is -2.32. The van der Waals surface area contributed by atoms with Gasteiger partial charge in [-0.1, -0.05) is 18.2 Å². The zero-order valence-corrected chi connectivity index (χ0v) is 20.2. The summed E-state index contributed by atoms with van der Waals surface area (Å²) in [7, 11) is 4.58. The Balaban J connectivity index is 1.48. The normalized spacial score (nSPS) is 14.3. The van der Waals surface area contributed by atoms with E-state index in [2.05, 4.69) is 5.32 Å². The molecule has 2 aliphatic rings. The number of nitrogens with zero attached hydrogens (tertiary/aromatic N) is 1. The van der Waals surface area contributed by atoms with Gasteiger partial charge in [-0.25, -0.2) is 0 Å². The van der Waals surface area contributed by atoms with E-state index in [4.69, 9.17) is 23.7 Å². The molecule has 3 aromatic carbocycles. The lowest BCUT2D eigenvalue weighted by molar-refractivity contribution is -0.117. The molecule has 0 fully saturated rings. The molecule has 36 heavy (non-hydrogen) atoms. The van der Waals surface area contributed by atoms with E-state index < -0.39 is 6.04 Å². The Morgan fingerprint density at radius 2 is 1.69 bits per heavy atom. The number of methoxy groups -OCH3 is 3. The van der Waals surface area contributed by atoms with Gasteiger partial charge in [-0.3, -0.25) is 9.59 Å². The lowest BCUT2D eigenvalue weighted by atomic mass is 10.00. The van der Waals surface area contributed by atoms with Crippen LogP contribution in [-0.4, -0.2) is 44.8 Å². The summed E-state index contributed by atoms with van der Waals surface area (Å²) in [5.74, 6) is 2.11. The molecular weight excluding hydrogens is 464 g/mol. The van der Waals surface area contributed by atoms with E-state index in [9.17, 15) is 9.59 Å². The van der Waals surface area contributed by atoms with Gasteiger partial charge >= 0.3 is 0 Å². The quantitative estimate of drug-likeness (QED) is 0.506. The van der Waals surface area contributed by atoms with Crippen LogP contribution < -0.4 is 29.0 Å². The highest BCUT2D eigenvalue weighted by Crippen LogP contribution is 2.43. The Morgan fingerprint density at radius 3 is 2.39 bits per heavy atom. The molecule has 0 unspecified atom stereocenters. The minimum absolute atomic E-state index is 0.00675. The summed E-state index contributed by atoms with van der Waals surface area (Å²) in [5, 5.41) is 2.91. The summed E-state index contributed by atoms with van der Waals surface area (Å²) in [6.07, 6.45) is 0.00675. The monoisotopic (exact) mass is 490 g/mol. The minimum Gasteiger partial charge on any atom is -0.493 e. The number of nitrogens with one attached hydrogen (secondary N) is 1. The number of amides is 2. The van der Waals surface area contributed by atoms with Crippen LogP contribution in [0.3, 0.4) is 0 Å². The molecule has 3 aromatic rings. The summed E-state index contributed by atoms with van der Waals surface area (Å²) >= 11 is 0. The molecule has 0 aliphatic carbocycles. The van der Waals surface area contributed by atoms with Gasteiger partial charge in [-0.2, -0.15) is 0 Å². The second-order valence-electron chi connectivity index (χ2n) is 8.39. The summed E-state index contributed by atoms with van der Waals surface area (Å²) < 4.78 is 27.3. The van der Waals surface area contributed by atoms with Gasteiger partial charge in [-0.05, 0) is 41.5 Å². The molecule has 1 N–H and O–H groups in total. The van der Waals surface area contributed by atoms with Crippen LogP contribution in [0.1, 0.15) is 33.9 Å². The smallest absolute Gasteiger partial charge is 0.255 e. The predicted molar refractivity (Wildman–Crippen MR) is 131 cm³/mol. The molecule has 9 nitrogen and oxygen atoms in total. The molecule has 9 heteroatoms. The Labute approximate surface area is 208 Å². The number of carbonyl (C=O) groups is 2. The predicted octanol–water partition coefficient (Wildman–Crippen LogP) is 4.17. The van der Waals surface area contributed by atoms with Crippen LogP contribution in [0.4, 0.5) is 5.69 Å². The van der Waals surface area contributed by atoms with Crippen LogP contribution in [-0.2, 0) is 11.3 Å². The largest absolute Gasteiger partial charge is 0.493 e. The number of hydrogen-bond acceptors (Lipinski definition) is 7. The molecule has 1 atom stereocenters. The summed E-state index contributed by atoms with van der Waals surface area (Å²) in [6, 6.07) is 15.6. The number of anilines is 1. The highest BCUT2D eigenvalue weighted by Gasteiger charge is 2.35. The highest BCUT2D eigenvalue weighted by molar-refractivity contribution is 5.99. The van der Waals surface area contributed by atoms with Gasteiger partial charge in [0.25, 0.3) is 5.91 Å². The third-order valence-electron chi connectivity index (χ3n) is 6.33. The van der Waals surface area contributed by atoms with Gasteiger partial charge in [0, 0.05) is 23.9 Å². The number of rotatable bonds is 8. The number of fused-ring (bicyclic) bond motifs is 2. The molecule has 0 radical (unpaired) electrons. The van der Waals surface area contributed by atoms with Crippen molar-refractivity contribution in [3.8, 4) is 28.7 Å². The summed E-state index contributed by atoms with van der Waals surface area (Å²) in [4.78, 5) is 28.3.